The molecule has 0 saturated carbocycles. The topological polar surface area (TPSA) is 40.1 Å². The number of nitrogens with zero attached hydrogens (tertiary/aromatic N) is 1. The Morgan fingerprint density at radius 2 is 1.71 bits per heavy atom. The highest BCUT2D eigenvalue weighted by Crippen LogP contribution is 2.31. The molecule has 0 spiro atoms. The highest BCUT2D eigenvalue weighted by Gasteiger charge is 2.44. The van der Waals surface area contributed by atoms with Gasteiger partial charge >= 0.3 is 0 Å². The van der Waals surface area contributed by atoms with Gasteiger partial charge in [0.05, 0.1) is 18.6 Å². The molecule has 3 nitrogen and oxygen atoms in total. The number of carbonyl (C=O) groups is 1. The van der Waals surface area contributed by atoms with Gasteiger partial charge in [-0.05, 0) is 39.5 Å². The van der Waals surface area contributed by atoms with E-state index in [4.69, 9.17) is 0 Å². The Morgan fingerprint density at radius 3 is 2.00 bits per heavy atom. The summed E-state index contributed by atoms with van der Waals surface area (Å²) in [4.78, 5) is 11.3. The smallest absolute Gasteiger partial charge is 0.257 e. The summed E-state index contributed by atoms with van der Waals surface area (Å²) in [5.41, 5.74) is -0.251. The minimum absolute atomic E-state index is 0.122. The molecule has 1 rings (SSSR count). The van der Waals surface area contributed by atoms with Crippen molar-refractivity contribution < 1.29 is 14.4 Å². The van der Waals surface area contributed by atoms with Crippen molar-refractivity contribution >= 4 is 6.09 Å². The van der Waals surface area contributed by atoms with Gasteiger partial charge in [0.2, 0.25) is 0 Å². The molecular formula is C11H21NO2. The van der Waals surface area contributed by atoms with E-state index in [-0.39, 0.29) is 10.0 Å². The van der Waals surface area contributed by atoms with E-state index in [2.05, 4.69) is 6.92 Å². The number of rotatable bonds is 0. The fraction of sp³-hybridized carbons (Fsp3) is 0.909. The zero-order valence-corrected chi connectivity index (χ0v) is 9.67. The first kappa shape index (κ1) is 11.5. The molecule has 0 unspecified atom stereocenters. The van der Waals surface area contributed by atoms with Crippen LogP contribution in [0.25, 0.3) is 0 Å². The van der Waals surface area contributed by atoms with E-state index in [1.165, 1.54) is 0 Å². The summed E-state index contributed by atoms with van der Waals surface area (Å²) in [6.07, 6.45) is 1.07. The first-order valence-corrected chi connectivity index (χ1v) is 5.38. The standard InChI is InChI=1S/C11H21NO2/c1-9-5-7-12(8-6-9,10(13)14)11(2,3)4/h9H,5-8H2,1-4H3. The predicted molar refractivity (Wildman–Crippen MR) is 53.5 cm³/mol. The third kappa shape index (κ3) is 1.78. The summed E-state index contributed by atoms with van der Waals surface area (Å²) in [5.74, 6) is 0.656. The van der Waals surface area contributed by atoms with Crippen LogP contribution in [0.3, 0.4) is 0 Å². The lowest BCUT2D eigenvalue weighted by molar-refractivity contribution is -0.924. The molecule has 0 radical (unpaired) electrons. The van der Waals surface area contributed by atoms with Gasteiger partial charge < -0.3 is 9.90 Å². The highest BCUT2D eigenvalue weighted by molar-refractivity contribution is 5.54. The second-order valence-corrected chi connectivity index (χ2v) is 5.53. The summed E-state index contributed by atoms with van der Waals surface area (Å²) in [6.45, 7) is 9.57. The Balaban J connectivity index is 2.90. The maximum atomic E-state index is 11.3. The molecular weight excluding hydrogens is 178 g/mol. The lowest BCUT2D eigenvalue weighted by Gasteiger charge is -2.51. The molecule has 0 aromatic heterocycles. The predicted octanol–water partition coefficient (Wildman–Crippen LogP) is 1.37. The van der Waals surface area contributed by atoms with Crippen molar-refractivity contribution in [3.8, 4) is 0 Å². The van der Waals surface area contributed by atoms with Gasteiger partial charge in [0.15, 0.2) is 0 Å². The number of likely N-dealkylation sites (tertiary alicyclic amines) is 1. The number of amides is 1. The number of hydrogen-bond acceptors (Lipinski definition) is 2. The second-order valence-electron chi connectivity index (χ2n) is 5.53. The minimum Gasteiger partial charge on any atom is -0.498 e. The molecule has 0 aliphatic carbocycles. The van der Waals surface area contributed by atoms with Crippen LogP contribution in [0.1, 0.15) is 40.5 Å². The molecule has 1 aliphatic heterocycles. The molecule has 1 heterocycles. The monoisotopic (exact) mass is 199 g/mol. The van der Waals surface area contributed by atoms with Gasteiger partial charge in [-0.15, -0.1) is 0 Å². The van der Waals surface area contributed by atoms with E-state index in [0.717, 1.165) is 12.8 Å². The molecule has 1 fully saturated rings. The average Bonchev–Trinajstić information content (AvgIpc) is 2.02. The molecule has 1 amide bonds. The van der Waals surface area contributed by atoms with E-state index in [0.29, 0.717) is 19.0 Å². The van der Waals surface area contributed by atoms with Crippen molar-refractivity contribution in [2.24, 2.45) is 5.92 Å². The van der Waals surface area contributed by atoms with Crippen LogP contribution in [0.2, 0.25) is 0 Å². The van der Waals surface area contributed by atoms with Crippen LogP contribution in [0, 0.1) is 5.92 Å². The molecule has 82 valence electrons. The molecule has 0 aromatic rings. The van der Waals surface area contributed by atoms with E-state index in [1.54, 1.807) is 0 Å². The molecule has 0 N–H and O–H groups in total. The summed E-state index contributed by atoms with van der Waals surface area (Å²) < 4.78 is 0.122. The van der Waals surface area contributed by atoms with Crippen molar-refractivity contribution in [3.63, 3.8) is 0 Å². The van der Waals surface area contributed by atoms with Crippen LogP contribution in [-0.4, -0.2) is 29.2 Å². The highest BCUT2D eigenvalue weighted by atomic mass is 16.4. The maximum absolute atomic E-state index is 11.3. The third-order valence-corrected chi connectivity index (χ3v) is 3.64. The van der Waals surface area contributed by atoms with E-state index >= 15 is 0 Å². The molecule has 3 heteroatoms. The van der Waals surface area contributed by atoms with Crippen molar-refractivity contribution in [1.29, 1.82) is 0 Å². The van der Waals surface area contributed by atoms with Crippen molar-refractivity contribution in [2.45, 2.75) is 46.1 Å². The first-order valence-electron chi connectivity index (χ1n) is 5.38. The van der Waals surface area contributed by atoms with Crippen LogP contribution in [0.15, 0.2) is 0 Å². The number of piperidine rings is 1. The van der Waals surface area contributed by atoms with Crippen molar-refractivity contribution in [3.05, 3.63) is 0 Å². The number of hydrogen-bond donors (Lipinski definition) is 0. The van der Waals surface area contributed by atoms with Gasteiger partial charge in [0.25, 0.3) is 6.09 Å². The van der Waals surface area contributed by atoms with Gasteiger partial charge in [0.1, 0.15) is 0 Å². The summed E-state index contributed by atoms with van der Waals surface area (Å²) in [5, 5.41) is 11.3. The second kappa shape index (κ2) is 3.54. The van der Waals surface area contributed by atoms with Gasteiger partial charge in [0, 0.05) is 0 Å². The number of quaternary nitrogens is 1. The normalized spacial score (nSPS) is 34.1. The maximum Gasteiger partial charge on any atom is 0.257 e. The van der Waals surface area contributed by atoms with E-state index in [1.807, 2.05) is 20.8 Å². The van der Waals surface area contributed by atoms with Crippen LogP contribution >= 0.6 is 0 Å². The molecule has 1 saturated heterocycles. The minimum atomic E-state index is -0.913. The molecule has 14 heavy (non-hydrogen) atoms. The van der Waals surface area contributed by atoms with Gasteiger partial charge in [-0.2, -0.15) is 0 Å². The van der Waals surface area contributed by atoms with Crippen LogP contribution in [0.5, 0.6) is 0 Å². The Bertz CT molecular complexity index is 222. The van der Waals surface area contributed by atoms with Gasteiger partial charge in [-0.1, -0.05) is 6.92 Å². The summed E-state index contributed by atoms with van der Waals surface area (Å²) >= 11 is 0. The van der Waals surface area contributed by atoms with Gasteiger partial charge in [-0.25, -0.2) is 0 Å². The van der Waals surface area contributed by atoms with Crippen molar-refractivity contribution in [2.75, 3.05) is 13.1 Å². The first-order chi connectivity index (χ1) is 6.29. The Kier molecular flexibility index (Phi) is 2.91. The Labute approximate surface area is 86.3 Å². The van der Waals surface area contributed by atoms with E-state index in [9.17, 15) is 9.90 Å². The summed E-state index contributed by atoms with van der Waals surface area (Å²) in [7, 11) is 0. The van der Waals surface area contributed by atoms with Crippen LogP contribution < -0.4 is 5.11 Å². The fourth-order valence-corrected chi connectivity index (χ4v) is 2.26. The number of carbonyl (C=O) groups excluding carboxylic acids is 1. The quantitative estimate of drug-likeness (QED) is 0.553. The van der Waals surface area contributed by atoms with Crippen LogP contribution in [0.4, 0.5) is 4.79 Å². The van der Waals surface area contributed by atoms with Crippen molar-refractivity contribution in [1.82, 2.24) is 0 Å². The lowest BCUT2D eigenvalue weighted by Crippen LogP contribution is -2.69. The van der Waals surface area contributed by atoms with E-state index < -0.39 is 6.09 Å². The lowest BCUT2D eigenvalue weighted by atomic mass is 9.91. The SMILES string of the molecule is CC1CC[N+](C(=O)[O-])(C(C)(C)C)CC1. The Morgan fingerprint density at radius 1 is 1.29 bits per heavy atom. The third-order valence-electron chi connectivity index (χ3n) is 3.64. The number of carboxylic acid groups (broad SMARTS) is 1. The molecule has 0 atom stereocenters. The Hall–Kier alpha value is -0.570. The largest absolute Gasteiger partial charge is 0.498 e. The summed E-state index contributed by atoms with van der Waals surface area (Å²) in [6, 6.07) is 0. The average molecular weight is 199 g/mol. The zero-order valence-electron chi connectivity index (χ0n) is 9.67. The fourth-order valence-electron chi connectivity index (χ4n) is 2.26. The molecule has 0 bridgehead atoms. The van der Waals surface area contributed by atoms with Crippen LogP contribution in [-0.2, 0) is 0 Å². The molecule has 0 aromatic carbocycles. The van der Waals surface area contributed by atoms with Gasteiger partial charge in [-0.3, -0.25) is 4.48 Å². The zero-order chi connectivity index (χ0) is 11.0. The molecule has 1 aliphatic rings.